The first-order valence-electron chi connectivity index (χ1n) is 5.34. The van der Waals surface area contributed by atoms with Crippen LogP contribution in [0.1, 0.15) is 30.6 Å². The lowest BCUT2D eigenvalue weighted by atomic mass is 10.1. The number of rotatable bonds is 6. The van der Waals surface area contributed by atoms with Gasteiger partial charge in [-0.2, -0.15) is 5.10 Å². The molecule has 0 unspecified atom stereocenters. The molecule has 6 heteroatoms. The molecule has 0 aromatic carbocycles. The maximum atomic E-state index is 11.6. The van der Waals surface area contributed by atoms with Crippen molar-refractivity contribution in [1.82, 2.24) is 9.78 Å². The van der Waals surface area contributed by atoms with E-state index >= 15 is 0 Å². The summed E-state index contributed by atoms with van der Waals surface area (Å²) < 4.78 is 6.08. The van der Waals surface area contributed by atoms with Crippen LogP contribution < -0.4 is 0 Å². The highest BCUT2D eigenvalue weighted by atomic mass is 16.5. The van der Waals surface area contributed by atoms with Crippen LogP contribution in [0.25, 0.3) is 0 Å². The molecule has 6 nitrogen and oxygen atoms in total. The minimum absolute atomic E-state index is 0.118. The molecule has 1 aromatic rings. The minimum atomic E-state index is -0.969. The Morgan fingerprint density at radius 2 is 2.06 bits per heavy atom. The topological polar surface area (TPSA) is 78.3 Å². The molecule has 0 aliphatic carbocycles. The van der Waals surface area contributed by atoms with Gasteiger partial charge in [0.05, 0.1) is 24.8 Å². The molecule has 0 fully saturated rings. The summed E-state index contributed by atoms with van der Waals surface area (Å²) in [6, 6.07) is 0. The summed E-state index contributed by atoms with van der Waals surface area (Å²) in [6.45, 7) is 4.23. The van der Waals surface area contributed by atoms with Crippen molar-refractivity contribution < 1.29 is 19.1 Å². The molecule has 0 bridgehead atoms. The van der Waals surface area contributed by atoms with Crippen LogP contribution >= 0.6 is 0 Å². The molecular formula is C11H14N2O4. The molecule has 1 aromatic heterocycles. The number of carbonyl (C=O) groups excluding carboxylic acids is 3. The van der Waals surface area contributed by atoms with Crippen LogP contribution in [0.3, 0.4) is 0 Å². The zero-order valence-corrected chi connectivity index (χ0v) is 9.80. The number of hydrogen-bond donors (Lipinski definition) is 0. The molecule has 0 N–H and O–H groups in total. The monoisotopic (exact) mass is 238 g/mol. The smallest absolute Gasteiger partial charge is 0.375 e. The molecule has 0 aliphatic heterocycles. The Hall–Kier alpha value is -1.98. The van der Waals surface area contributed by atoms with E-state index in [1.54, 1.807) is 17.8 Å². The lowest BCUT2D eigenvalue weighted by molar-refractivity contribution is -0.153. The van der Waals surface area contributed by atoms with Gasteiger partial charge in [-0.1, -0.05) is 0 Å². The average Bonchev–Trinajstić information content (AvgIpc) is 2.77. The molecular weight excluding hydrogens is 224 g/mol. The van der Waals surface area contributed by atoms with Crippen molar-refractivity contribution in [2.75, 3.05) is 6.61 Å². The second-order valence-electron chi connectivity index (χ2n) is 3.33. The van der Waals surface area contributed by atoms with Crippen molar-refractivity contribution in [2.45, 2.75) is 26.8 Å². The Labute approximate surface area is 98.6 Å². The molecule has 0 amide bonds. The van der Waals surface area contributed by atoms with Crippen molar-refractivity contribution in [2.24, 2.45) is 0 Å². The third-order valence-corrected chi connectivity index (χ3v) is 2.10. The van der Waals surface area contributed by atoms with Crippen LogP contribution in [0.4, 0.5) is 0 Å². The van der Waals surface area contributed by atoms with E-state index in [2.05, 4.69) is 9.84 Å². The SMILES string of the molecule is CCOC(=O)C(=O)CC(=O)c1cnn(CC)c1. The number of aryl methyl sites for hydroxylation is 1. The molecule has 0 atom stereocenters. The van der Waals surface area contributed by atoms with Gasteiger partial charge in [0, 0.05) is 12.7 Å². The molecule has 17 heavy (non-hydrogen) atoms. The summed E-state index contributed by atoms with van der Waals surface area (Å²) in [5.41, 5.74) is 0.324. The van der Waals surface area contributed by atoms with Crippen LogP contribution in [-0.2, 0) is 20.9 Å². The standard InChI is InChI=1S/C11H14N2O4/c1-3-13-7-8(6-12-13)9(14)5-10(15)11(16)17-4-2/h6-7H,3-5H2,1-2H3. The number of ketones is 2. The lowest BCUT2D eigenvalue weighted by Gasteiger charge is -1.99. The number of aromatic nitrogens is 2. The van der Waals surface area contributed by atoms with Crippen LogP contribution in [-0.4, -0.2) is 33.9 Å². The van der Waals surface area contributed by atoms with Crippen molar-refractivity contribution >= 4 is 17.5 Å². The number of esters is 1. The van der Waals surface area contributed by atoms with E-state index in [1.165, 1.54) is 6.20 Å². The zero-order valence-electron chi connectivity index (χ0n) is 9.80. The van der Waals surface area contributed by atoms with Crippen molar-refractivity contribution in [1.29, 1.82) is 0 Å². The average molecular weight is 238 g/mol. The summed E-state index contributed by atoms with van der Waals surface area (Å²) in [4.78, 5) is 33.9. The second kappa shape index (κ2) is 5.93. The van der Waals surface area contributed by atoms with Crippen molar-refractivity contribution in [3.63, 3.8) is 0 Å². The third-order valence-electron chi connectivity index (χ3n) is 2.10. The van der Waals surface area contributed by atoms with Gasteiger partial charge >= 0.3 is 5.97 Å². The molecule has 0 aliphatic rings. The fourth-order valence-corrected chi connectivity index (χ4v) is 1.21. The van der Waals surface area contributed by atoms with Gasteiger partial charge in [0.25, 0.3) is 0 Å². The summed E-state index contributed by atoms with van der Waals surface area (Å²) in [6.07, 6.45) is 2.44. The van der Waals surface area contributed by atoms with E-state index in [-0.39, 0.29) is 6.61 Å². The number of hydrogen-bond acceptors (Lipinski definition) is 5. The number of carbonyl (C=O) groups is 3. The van der Waals surface area contributed by atoms with Crippen molar-refractivity contribution in [3.8, 4) is 0 Å². The predicted octanol–water partition coefficient (Wildman–Crippen LogP) is 0.608. The molecule has 0 spiro atoms. The molecule has 1 rings (SSSR count). The third kappa shape index (κ3) is 3.51. The highest BCUT2D eigenvalue weighted by Crippen LogP contribution is 2.03. The summed E-state index contributed by atoms with van der Waals surface area (Å²) >= 11 is 0. The second-order valence-corrected chi connectivity index (χ2v) is 3.33. The predicted molar refractivity (Wildman–Crippen MR) is 58.5 cm³/mol. The molecule has 0 saturated heterocycles. The maximum Gasteiger partial charge on any atom is 0.375 e. The van der Waals surface area contributed by atoms with Gasteiger partial charge in [0.1, 0.15) is 0 Å². The van der Waals surface area contributed by atoms with Gasteiger partial charge in [0.2, 0.25) is 5.78 Å². The van der Waals surface area contributed by atoms with Crippen LogP contribution in [0.5, 0.6) is 0 Å². The van der Waals surface area contributed by atoms with Gasteiger partial charge in [-0.3, -0.25) is 14.3 Å². The quantitative estimate of drug-likeness (QED) is 0.314. The molecule has 0 saturated carbocycles. The number of nitrogens with zero attached hydrogens (tertiary/aromatic N) is 2. The van der Waals surface area contributed by atoms with Crippen LogP contribution in [0.2, 0.25) is 0 Å². The Kier molecular flexibility index (Phi) is 4.56. The number of Topliss-reactive ketones (excluding diaryl/α,β-unsaturated/α-hetero) is 2. The van der Waals surface area contributed by atoms with Gasteiger partial charge in [0.15, 0.2) is 5.78 Å². The van der Waals surface area contributed by atoms with Gasteiger partial charge in [-0.25, -0.2) is 4.79 Å². The Bertz CT molecular complexity index is 436. The van der Waals surface area contributed by atoms with Crippen LogP contribution in [0, 0.1) is 0 Å². The van der Waals surface area contributed by atoms with Crippen LogP contribution in [0.15, 0.2) is 12.4 Å². The van der Waals surface area contributed by atoms with Crippen molar-refractivity contribution in [3.05, 3.63) is 18.0 Å². The van der Waals surface area contributed by atoms with E-state index < -0.39 is 24.0 Å². The lowest BCUT2D eigenvalue weighted by Crippen LogP contribution is -2.20. The number of ether oxygens (including phenoxy) is 1. The minimum Gasteiger partial charge on any atom is -0.460 e. The van der Waals surface area contributed by atoms with Gasteiger partial charge in [-0.15, -0.1) is 0 Å². The first-order chi connectivity index (χ1) is 8.08. The van der Waals surface area contributed by atoms with E-state index in [0.717, 1.165) is 0 Å². The highest BCUT2D eigenvalue weighted by molar-refractivity contribution is 6.38. The fourth-order valence-electron chi connectivity index (χ4n) is 1.21. The first kappa shape index (κ1) is 13.1. The van der Waals surface area contributed by atoms with E-state index in [4.69, 9.17) is 0 Å². The Balaban J connectivity index is 2.60. The summed E-state index contributed by atoms with van der Waals surface area (Å²) in [5.74, 6) is -2.23. The molecule has 92 valence electrons. The Morgan fingerprint density at radius 3 is 2.59 bits per heavy atom. The normalized spacial score (nSPS) is 10.0. The highest BCUT2D eigenvalue weighted by Gasteiger charge is 2.20. The Morgan fingerprint density at radius 1 is 1.35 bits per heavy atom. The maximum absolute atomic E-state index is 11.6. The summed E-state index contributed by atoms with van der Waals surface area (Å²) in [5, 5.41) is 3.91. The first-order valence-corrected chi connectivity index (χ1v) is 5.34. The molecule has 1 heterocycles. The van der Waals surface area contributed by atoms with Gasteiger partial charge < -0.3 is 4.74 Å². The van der Waals surface area contributed by atoms with E-state index in [0.29, 0.717) is 12.1 Å². The van der Waals surface area contributed by atoms with E-state index in [9.17, 15) is 14.4 Å². The zero-order chi connectivity index (χ0) is 12.8. The van der Waals surface area contributed by atoms with E-state index in [1.807, 2.05) is 6.92 Å². The largest absolute Gasteiger partial charge is 0.460 e. The summed E-state index contributed by atoms with van der Waals surface area (Å²) in [7, 11) is 0. The fraction of sp³-hybridized carbons (Fsp3) is 0.455. The van der Waals surface area contributed by atoms with Gasteiger partial charge in [-0.05, 0) is 13.8 Å². The molecule has 0 radical (unpaired) electrons.